The number of carbonyl (C=O) groups excluding carboxylic acids is 1. The zero-order valence-corrected chi connectivity index (χ0v) is 18.8. The van der Waals surface area contributed by atoms with Crippen molar-refractivity contribution in [2.75, 3.05) is 12.4 Å². The molecule has 1 heterocycles. The molecule has 4 rings (SSSR count). The maximum Gasteiger partial charge on any atom is 0.248 e. The Hall–Kier alpha value is -3.45. The molecule has 1 amide bonds. The van der Waals surface area contributed by atoms with Crippen molar-refractivity contribution >= 4 is 44.1 Å². The highest BCUT2D eigenvalue weighted by Crippen LogP contribution is 2.37. The van der Waals surface area contributed by atoms with Crippen LogP contribution in [-0.4, -0.2) is 13.0 Å². The molecule has 0 atom stereocenters. The fourth-order valence-electron chi connectivity index (χ4n) is 3.42. The van der Waals surface area contributed by atoms with Crippen molar-refractivity contribution in [3.05, 3.63) is 88.6 Å². The van der Waals surface area contributed by atoms with Gasteiger partial charge in [-0.25, -0.2) is 8.78 Å². The lowest BCUT2D eigenvalue weighted by Gasteiger charge is -2.10. The van der Waals surface area contributed by atoms with E-state index in [4.69, 9.17) is 9.15 Å². The number of hydrogen-bond acceptors (Lipinski definition) is 3. The summed E-state index contributed by atoms with van der Waals surface area (Å²) in [6.45, 7) is 1.76. The first-order chi connectivity index (χ1) is 15.4. The third kappa shape index (κ3) is 4.43. The van der Waals surface area contributed by atoms with Gasteiger partial charge in [0.15, 0.2) is 0 Å². The first kappa shape index (κ1) is 21.8. The topological polar surface area (TPSA) is 51.5 Å². The van der Waals surface area contributed by atoms with Crippen LogP contribution < -0.4 is 10.1 Å². The highest BCUT2D eigenvalue weighted by atomic mass is 79.9. The Morgan fingerprint density at radius 3 is 2.53 bits per heavy atom. The molecule has 4 aromatic rings. The Morgan fingerprint density at radius 2 is 1.84 bits per heavy atom. The molecule has 0 spiro atoms. The van der Waals surface area contributed by atoms with Gasteiger partial charge in [0.25, 0.3) is 0 Å². The fourth-order valence-corrected chi connectivity index (χ4v) is 3.75. The van der Waals surface area contributed by atoms with Crippen molar-refractivity contribution in [3.63, 3.8) is 0 Å². The van der Waals surface area contributed by atoms with Gasteiger partial charge in [-0.2, -0.15) is 0 Å². The number of methoxy groups -OCH3 is 1. The molecule has 1 N–H and O–H groups in total. The van der Waals surface area contributed by atoms with Crippen LogP contribution in [0.25, 0.3) is 27.7 Å². The quantitative estimate of drug-likeness (QED) is 0.297. The van der Waals surface area contributed by atoms with Crippen LogP contribution in [0.5, 0.6) is 5.75 Å². The molecular formula is C25H18BrF2NO3. The van der Waals surface area contributed by atoms with Gasteiger partial charge >= 0.3 is 0 Å². The number of carbonyl (C=O) groups is 1. The number of amides is 1. The second-order valence-electron chi connectivity index (χ2n) is 7.15. The van der Waals surface area contributed by atoms with Gasteiger partial charge in [-0.1, -0.05) is 28.1 Å². The summed E-state index contributed by atoms with van der Waals surface area (Å²) in [6.07, 6.45) is 2.98. The number of rotatable bonds is 5. The summed E-state index contributed by atoms with van der Waals surface area (Å²) in [5, 5.41) is 3.34. The number of benzene rings is 3. The number of allylic oxidation sites excluding steroid dienone is 1. The normalized spacial score (nSPS) is 11.6. The maximum absolute atomic E-state index is 14.0. The number of ether oxygens (including phenoxy) is 1. The Morgan fingerprint density at radius 1 is 1.09 bits per heavy atom. The predicted molar refractivity (Wildman–Crippen MR) is 125 cm³/mol. The van der Waals surface area contributed by atoms with Gasteiger partial charge in [0.2, 0.25) is 5.91 Å². The number of anilines is 1. The molecule has 0 aliphatic rings. The Kier molecular flexibility index (Phi) is 6.10. The standard InChI is InChI=1S/C25H18BrF2NO3/c1-14(9-25(30)29-22-8-5-16(26)10-21(22)28)18-11-19-20(15-3-6-17(27)7-4-15)13-32-24(19)12-23(18)31-2/h3-13H,1-2H3,(H,29,30)/b14-9+. The van der Waals surface area contributed by atoms with E-state index in [0.29, 0.717) is 26.9 Å². The molecule has 0 aliphatic heterocycles. The van der Waals surface area contributed by atoms with Crippen LogP contribution in [0.15, 0.2) is 75.8 Å². The Labute approximate surface area is 191 Å². The first-order valence-electron chi connectivity index (χ1n) is 9.65. The monoisotopic (exact) mass is 497 g/mol. The highest BCUT2D eigenvalue weighted by Gasteiger charge is 2.15. The van der Waals surface area contributed by atoms with Crippen LogP contribution in [0.4, 0.5) is 14.5 Å². The van der Waals surface area contributed by atoms with Crippen molar-refractivity contribution in [3.8, 4) is 16.9 Å². The van der Waals surface area contributed by atoms with Crippen LogP contribution >= 0.6 is 15.9 Å². The van der Waals surface area contributed by atoms with Gasteiger partial charge < -0.3 is 14.5 Å². The summed E-state index contributed by atoms with van der Waals surface area (Å²) >= 11 is 3.19. The molecule has 162 valence electrons. The molecule has 7 heteroatoms. The maximum atomic E-state index is 14.0. The zero-order chi connectivity index (χ0) is 22.8. The predicted octanol–water partition coefficient (Wildman–Crippen LogP) is 7.19. The molecule has 0 aliphatic carbocycles. The van der Waals surface area contributed by atoms with E-state index in [1.54, 1.807) is 37.5 Å². The van der Waals surface area contributed by atoms with E-state index in [0.717, 1.165) is 16.5 Å². The van der Waals surface area contributed by atoms with Crippen molar-refractivity contribution in [2.45, 2.75) is 6.92 Å². The lowest BCUT2D eigenvalue weighted by Crippen LogP contribution is -2.10. The van der Waals surface area contributed by atoms with E-state index >= 15 is 0 Å². The highest BCUT2D eigenvalue weighted by molar-refractivity contribution is 9.10. The summed E-state index contributed by atoms with van der Waals surface area (Å²) in [4.78, 5) is 12.5. The van der Waals surface area contributed by atoms with E-state index in [2.05, 4.69) is 21.2 Å². The van der Waals surface area contributed by atoms with Gasteiger partial charge in [-0.05, 0) is 54.5 Å². The minimum absolute atomic E-state index is 0.0816. The molecule has 0 saturated carbocycles. The third-order valence-corrected chi connectivity index (χ3v) is 5.51. The van der Waals surface area contributed by atoms with Crippen LogP contribution in [0.2, 0.25) is 0 Å². The average molecular weight is 498 g/mol. The largest absolute Gasteiger partial charge is 0.496 e. The lowest BCUT2D eigenvalue weighted by molar-refractivity contribution is -0.111. The second-order valence-corrected chi connectivity index (χ2v) is 8.06. The van der Waals surface area contributed by atoms with Gasteiger partial charge in [-0.15, -0.1) is 0 Å². The molecule has 32 heavy (non-hydrogen) atoms. The summed E-state index contributed by atoms with van der Waals surface area (Å²) < 4.78 is 39.1. The van der Waals surface area contributed by atoms with Gasteiger partial charge in [0.1, 0.15) is 23.0 Å². The van der Waals surface area contributed by atoms with Crippen molar-refractivity contribution in [1.82, 2.24) is 0 Å². The van der Waals surface area contributed by atoms with Crippen LogP contribution in [0.3, 0.4) is 0 Å². The molecule has 4 nitrogen and oxygen atoms in total. The number of fused-ring (bicyclic) bond motifs is 1. The smallest absolute Gasteiger partial charge is 0.248 e. The summed E-state index contributed by atoms with van der Waals surface area (Å²) in [5.41, 5.74) is 3.56. The first-order valence-corrected chi connectivity index (χ1v) is 10.4. The Bertz CT molecular complexity index is 1340. The van der Waals surface area contributed by atoms with Crippen molar-refractivity contribution in [1.29, 1.82) is 0 Å². The van der Waals surface area contributed by atoms with Gasteiger partial charge in [0, 0.05) is 33.1 Å². The fraction of sp³-hybridized carbons (Fsp3) is 0.0800. The number of furan rings is 1. The summed E-state index contributed by atoms with van der Waals surface area (Å²) in [6, 6.07) is 14.1. The summed E-state index contributed by atoms with van der Waals surface area (Å²) in [5.74, 6) is -0.818. The van der Waals surface area contributed by atoms with E-state index in [-0.39, 0.29) is 11.5 Å². The van der Waals surface area contributed by atoms with Gasteiger partial charge in [-0.3, -0.25) is 4.79 Å². The van der Waals surface area contributed by atoms with Crippen LogP contribution in [-0.2, 0) is 4.79 Å². The number of halogens is 3. The number of nitrogens with one attached hydrogen (secondary N) is 1. The van der Waals surface area contributed by atoms with Crippen LogP contribution in [0, 0.1) is 11.6 Å². The van der Waals surface area contributed by atoms with E-state index in [1.807, 2.05) is 6.07 Å². The summed E-state index contributed by atoms with van der Waals surface area (Å²) in [7, 11) is 1.53. The van der Waals surface area contributed by atoms with Crippen LogP contribution in [0.1, 0.15) is 12.5 Å². The second kappa shape index (κ2) is 8.96. The third-order valence-electron chi connectivity index (χ3n) is 5.01. The average Bonchev–Trinajstić information content (AvgIpc) is 3.18. The van der Waals surface area contributed by atoms with E-state index < -0.39 is 11.7 Å². The lowest BCUT2D eigenvalue weighted by atomic mass is 9.99. The van der Waals surface area contributed by atoms with Gasteiger partial charge in [0.05, 0.1) is 19.1 Å². The van der Waals surface area contributed by atoms with E-state index in [9.17, 15) is 13.6 Å². The SMILES string of the molecule is COc1cc2occ(-c3ccc(F)cc3)c2cc1/C(C)=C/C(=O)Nc1ccc(Br)cc1F. The van der Waals surface area contributed by atoms with Crippen molar-refractivity contribution < 1.29 is 22.7 Å². The minimum Gasteiger partial charge on any atom is -0.496 e. The zero-order valence-electron chi connectivity index (χ0n) is 17.2. The molecule has 3 aromatic carbocycles. The molecule has 0 fully saturated rings. The molecular weight excluding hydrogens is 480 g/mol. The number of hydrogen-bond donors (Lipinski definition) is 1. The Balaban J connectivity index is 1.70. The molecule has 0 saturated heterocycles. The molecule has 0 radical (unpaired) electrons. The molecule has 0 bridgehead atoms. The molecule has 1 aromatic heterocycles. The van der Waals surface area contributed by atoms with E-state index in [1.165, 1.54) is 37.5 Å². The van der Waals surface area contributed by atoms with Crippen molar-refractivity contribution in [2.24, 2.45) is 0 Å². The minimum atomic E-state index is -0.542. The molecule has 0 unspecified atom stereocenters.